The molecule has 0 saturated carbocycles. The second-order valence-corrected chi connectivity index (χ2v) is 6.20. The van der Waals surface area contributed by atoms with Crippen LogP contribution in [0.15, 0.2) is 47.5 Å². The molecule has 0 amide bonds. The molecule has 0 aromatic heterocycles. The number of morpholine rings is 1. The van der Waals surface area contributed by atoms with Crippen LogP contribution in [0.4, 0.5) is 11.4 Å². The van der Waals surface area contributed by atoms with Gasteiger partial charge in [0.05, 0.1) is 30.8 Å². The molecule has 0 N–H and O–H groups in total. The maximum Gasteiger partial charge on any atom is 0.101 e. The number of aliphatic imine (C=N–C) groups is 1. The Kier molecular flexibility index (Phi) is 5.32. The predicted molar refractivity (Wildman–Crippen MR) is 101 cm³/mol. The third-order valence-electron chi connectivity index (χ3n) is 4.12. The van der Waals surface area contributed by atoms with E-state index in [1.54, 1.807) is 6.34 Å². The minimum Gasteiger partial charge on any atom is -0.378 e. The van der Waals surface area contributed by atoms with Crippen LogP contribution in [0.3, 0.4) is 0 Å². The molecule has 1 fully saturated rings. The summed E-state index contributed by atoms with van der Waals surface area (Å²) in [5.74, 6) is 0. The van der Waals surface area contributed by atoms with E-state index in [0.29, 0.717) is 11.3 Å². The first-order valence-electron chi connectivity index (χ1n) is 8.35. The van der Waals surface area contributed by atoms with Crippen molar-refractivity contribution in [1.82, 2.24) is 4.90 Å². The Hall–Kier alpha value is -2.84. The topological polar surface area (TPSA) is 51.9 Å². The predicted octanol–water partition coefficient (Wildman–Crippen LogP) is 3.28. The van der Waals surface area contributed by atoms with Crippen molar-refractivity contribution in [3.05, 3.63) is 48.0 Å². The van der Waals surface area contributed by atoms with Gasteiger partial charge in [-0.05, 0) is 35.4 Å². The largest absolute Gasteiger partial charge is 0.378 e. The van der Waals surface area contributed by atoms with Crippen molar-refractivity contribution in [2.45, 2.75) is 0 Å². The lowest BCUT2D eigenvalue weighted by Gasteiger charge is -2.28. The molecule has 2 aromatic carbocycles. The third-order valence-corrected chi connectivity index (χ3v) is 4.12. The maximum atomic E-state index is 9.41. The summed E-state index contributed by atoms with van der Waals surface area (Å²) in [6, 6.07) is 16.5. The molecule has 0 bridgehead atoms. The Morgan fingerprint density at radius 1 is 1.08 bits per heavy atom. The van der Waals surface area contributed by atoms with Gasteiger partial charge in [-0.2, -0.15) is 5.26 Å². The number of anilines is 1. The van der Waals surface area contributed by atoms with Crippen LogP contribution in [-0.4, -0.2) is 51.6 Å². The first kappa shape index (κ1) is 17.0. The fourth-order valence-corrected chi connectivity index (χ4v) is 2.78. The van der Waals surface area contributed by atoms with E-state index >= 15 is 0 Å². The molecule has 5 heteroatoms. The van der Waals surface area contributed by atoms with Crippen molar-refractivity contribution in [3.8, 4) is 17.2 Å². The fraction of sp³-hybridized carbons (Fsp3) is 0.300. The molecule has 2 aromatic rings. The van der Waals surface area contributed by atoms with Crippen molar-refractivity contribution >= 4 is 17.7 Å². The minimum atomic E-state index is 0.577. The fourth-order valence-electron chi connectivity index (χ4n) is 2.78. The summed E-state index contributed by atoms with van der Waals surface area (Å²) in [5.41, 5.74) is 4.59. The van der Waals surface area contributed by atoms with Crippen molar-refractivity contribution in [1.29, 1.82) is 5.26 Å². The highest BCUT2D eigenvalue weighted by Crippen LogP contribution is 2.28. The number of ether oxygens (including phenoxy) is 1. The average molecular weight is 334 g/mol. The number of hydrogen-bond donors (Lipinski definition) is 0. The molecular weight excluding hydrogens is 312 g/mol. The molecule has 1 heterocycles. The van der Waals surface area contributed by atoms with Gasteiger partial charge < -0.3 is 14.5 Å². The molecule has 5 nitrogen and oxygen atoms in total. The summed E-state index contributed by atoms with van der Waals surface area (Å²) in [4.78, 5) is 8.52. The summed E-state index contributed by atoms with van der Waals surface area (Å²) in [6.45, 7) is 3.41. The molecule has 1 aliphatic heterocycles. The average Bonchev–Trinajstić information content (AvgIpc) is 2.67. The quantitative estimate of drug-likeness (QED) is 0.636. The maximum absolute atomic E-state index is 9.41. The number of hydrogen-bond acceptors (Lipinski definition) is 4. The van der Waals surface area contributed by atoms with Crippen LogP contribution in [0.25, 0.3) is 11.1 Å². The lowest BCUT2D eigenvalue weighted by Crippen LogP contribution is -2.36. The lowest BCUT2D eigenvalue weighted by atomic mass is 10.0. The van der Waals surface area contributed by atoms with E-state index in [9.17, 15) is 5.26 Å². The second kappa shape index (κ2) is 7.82. The van der Waals surface area contributed by atoms with E-state index in [-0.39, 0.29) is 0 Å². The van der Waals surface area contributed by atoms with E-state index in [0.717, 1.165) is 37.4 Å². The molecule has 1 saturated heterocycles. The first-order chi connectivity index (χ1) is 12.2. The summed E-state index contributed by atoms with van der Waals surface area (Å²) < 4.78 is 5.40. The Labute approximate surface area is 148 Å². The van der Waals surface area contributed by atoms with E-state index in [2.05, 4.69) is 40.2 Å². The van der Waals surface area contributed by atoms with Gasteiger partial charge in [-0.15, -0.1) is 0 Å². The van der Waals surface area contributed by atoms with Crippen LogP contribution < -0.4 is 4.90 Å². The Morgan fingerprint density at radius 2 is 1.76 bits per heavy atom. The van der Waals surface area contributed by atoms with Crippen LogP contribution in [0.1, 0.15) is 5.56 Å². The van der Waals surface area contributed by atoms with Gasteiger partial charge in [0, 0.05) is 32.9 Å². The van der Waals surface area contributed by atoms with E-state index in [1.165, 1.54) is 5.69 Å². The monoisotopic (exact) mass is 334 g/mol. The zero-order chi connectivity index (χ0) is 17.6. The van der Waals surface area contributed by atoms with E-state index < -0.39 is 0 Å². The summed E-state index contributed by atoms with van der Waals surface area (Å²) in [6.07, 6.45) is 1.70. The normalized spacial score (nSPS) is 14.5. The van der Waals surface area contributed by atoms with E-state index in [4.69, 9.17) is 4.74 Å². The van der Waals surface area contributed by atoms with Crippen LogP contribution in [-0.2, 0) is 4.74 Å². The third kappa shape index (κ3) is 4.17. The molecule has 0 atom stereocenters. The molecule has 25 heavy (non-hydrogen) atoms. The number of nitriles is 1. The molecule has 0 aliphatic carbocycles. The summed E-state index contributed by atoms with van der Waals surface area (Å²) in [5, 5.41) is 9.41. The number of benzene rings is 2. The van der Waals surface area contributed by atoms with Gasteiger partial charge >= 0.3 is 0 Å². The Bertz CT molecular complexity index is 784. The lowest BCUT2D eigenvalue weighted by molar-refractivity contribution is 0.122. The van der Waals surface area contributed by atoms with Crippen molar-refractivity contribution < 1.29 is 4.74 Å². The summed E-state index contributed by atoms with van der Waals surface area (Å²) in [7, 11) is 3.81. The van der Waals surface area contributed by atoms with Crippen molar-refractivity contribution in [3.63, 3.8) is 0 Å². The molecule has 128 valence electrons. The number of nitrogens with zero attached hydrogens (tertiary/aromatic N) is 4. The van der Waals surface area contributed by atoms with Crippen LogP contribution in [0.2, 0.25) is 0 Å². The highest BCUT2D eigenvalue weighted by molar-refractivity contribution is 5.73. The Morgan fingerprint density at radius 3 is 2.40 bits per heavy atom. The zero-order valence-electron chi connectivity index (χ0n) is 14.6. The molecule has 0 spiro atoms. The SMILES string of the molecule is CN(C)/C=N\c1ccc(-c2ccc(N3CCOCC3)cc2)cc1C#N. The van der Waals surface area contributed by atoms with E-state index in [1.807, 2.05) is 37.2 Å². The smallest absolute Gasteiger partial charge is 0.101 e. The molecule has 3 rings (SSSR count). The van der Waals surface area contributed by atoms with Gasteiger partial charge in [-0.1, -0.05) is 18.2 Å². The van der Waals surface area contributed by atoms with Crippen molar-refractivity contribution in [2.75, 3.05) is 45.3 Å². The van der Waals surface area contributed by atoms with Gasteiger partial charge in [0.1, 0.15) is 6.07 Å². The second-order valence-electron chi connectivity index (χ2n) is 6.20. The summed E-state index contributed by atoms with van der Waals surface area (Å²) >= 11 is 0. The highest BCUT2D eigenvalue weighted by Gasteiger charge is 2.11. The van der Waals surface area contributed by atoms with Gasteiger partial charge in [-0.3, -0.25) is 0 Å². The molecule has 1 aliphatic rings. The minimum absolute atomic E-state index is 0.577. The van der Waals surface area contributed by atoms with Gasteiger partial charge in [0.25, 0.3) is 0 Å². The van der Waals surface area contributed by atoms with Gasteiger partial charge in [-0.25, -0.2) is 4.99 Å². The van der Waals surface area contributed by atoms with Crippen LogP contribution in [0, 0.1) is 11.3 Å². The van der Waals surface area contributed by atoms with Crippen molar-refractivity contribution in [2.24, 2.45) is 4.99 Å². The molecule has 0 radical (unpaired) electrons. The Balaban J connectivity index is 1.83. The van der Waals surface area contributed by atoms with Gasteiger partial charge in [0.2, 0.25) is 0 Å². The highest BCUT2D eigenvalue weighted by atomic mass is 16.5. The zero-order valence-corrected chi connectivity index (χ0v) is 14.6. The van der Waals surface area contributed by atoms with Crippen LogP contribution >= 0.6 is 0 Å². The molecular formula is C20H22N4O. The van der Waals surface area contributed by atoms with Gasteiger partial charge in [0.15, 0.2) is 0 Å². The first-order valence-corrected chi connectivity index (χ1v) is 8.35. The standard InChI is InChI=1S/C20H22N4O/c1-23(2)15-22-20-8-5-17(13-18(20)14-21)16-3-6-19(7-4-16)24-9-11-25-12-10-24/h3-8,13,15H,9-12H2,1-2H3/b22-15-. The number of rotatable bonds is 4. The van der Waals surface area contributed by atoms with Crippen LogP contribution in [0.5, 0.6) is 0 Å². The molecule has 0 unspecified atom stereocenters.